The van der Waals surface area contributed by atoms with Crippen LogP contribution in [0.4, 0.5) is 0 Å². The number of carbonyl (C=O) groups is 1. The fraction of sp³-hybridized carbons (Fsp3) is 0.385. The minimum atomic E-state index is -0.926. The minimum Gasteiger partial charge on any atom is -0.478 e. The second kappa shape index (κ2) is 5.40. The van der Waals surface area contributed by atoms with E-state index >= 15 is 0 Å². The van der Waals surface area contributed by atoms with Gasteiger partial charge in [-0.15, -0.1) is 11.6 Å². The number of nitrogens with zero attached hydrogens (tertiary/aromatic N) is 2. The van der Waals surface area contributed by atoms with Gasteiger partial charge >= 0.3 is 5.97 Å². The molecule has 2 rings (SSSR count). The maximum absolute atomic E-state index is 10.9. The summed E-state index contributed by atoms with van der Waals surface area (Å²) in [4.78, 5) is 15.4. The summed E-state index contributed by atoms with van der Waals surface area (Å²) in [6.07, 6.45) is 1.69. The van der Waals surface area contributed by atoms with Crippen molar-refractivity contribution >= 4 is 28.6 Å². The van der Waals surface area contributed by atoms with E-state index in [1.807, 2.05) is 6.07 Å². The van der Waals surface area contributed by atoms with E-state index in [9.17, 15) is 4.79 Å². The van der Waals surface area contributed by atoms with Gasteiger partial charge in [-0.25, -0.2) is 9.78 Å². The number of fused-ring (bicyclic) bond motifs is 1. The molecule has 0 radical (unpaired) electrons. The van der Waals surface area contributed by atoms with Gasteiger partial charge < -0.3 is 9.67 Å². The van der Waals surface area contributed by atoms with E-state index in [1.165, 1.54) is 0 Å². The van der Waals surface area contributed by atoms with Gasteiger partial charge in [0.05, 0.1) is 16.6 Å². The van der Waals surface area contributed by atoms with Crippen molar-refractivity contribution in [3.8, 4) is 0 Å². The Morgan fingerprint density at radius 1 is 1.50 bits per heavy atom. The van der Waals surface area contributed by atoms with Gasteiger partial charge in [0, 0.05) is 18.8 Å². The van der Waals surface area contributed by atoms with Crippen molar-refractivity contribution in [3.05, 3.63) is 29.6 Å². The Morgan fingerprint density at radius 3 is 2.89 bits per heavy atom. The molecule has 0 saturated carbocycles. The van der Waals surface area contributed by atoms with Gasteiger partial charge in [-0.3, -0.25) is 0 Å². The number of alkyl halides is 1. The number of halogens is 1. The second-order valence-electron chi connectivity index (χ2n) is 4.07. The number of hydrogen-bond donors (Lipinski definition) is 1. The Bertz CT molecular complexity index is 578. The average molecular weight is 267 g/mol. The predicted molar refractivity (Wildman–Crippen MR) is 71.4 cm³/mol. The molecule has 1 N–H and O–H groups in total. The van der Waals surface area contributed by atoms with Crippen molar-refractivity contribution in [2.75, 3.05) is 5.88 Å². The fourth-order valence-electron chi connectivity index (χ4n) is 2.08. The van der Waals surface area contributed by atoms with Crippen molar-refractivity contribution in [2.24, 2.45) is 0 Å². The lowest BCUT2D eigenvalue weighted by atomic mass is 10.2. The summed E-state index contributed by atoms with van der Waals surface area (Å²) >= 11 is 5.70. The molecule has 0 unspecified atom stereocenters. The van der Waals surface area contributed by atoms with Crippen molar-refractivity contribution in [1.29, 1.82) is 0 Å². The standard InChI is InChI=1S/C13H15ClN2O2/c1-2-16-11-6-5-9(13(17)18)8-10(11)15-12(16)4-3-7-14/h5-6,8H,2-4,7H2,1H3,(H,17,18). The summed E-state index contributed by atoms with van der Waals surface area (Å²) in [6.45, 7) is 2.87. The lowest BCUT2D eigenvalue weighted by Crippen LogP contribution is -2.02. The van der Waals surface area contributed by atoms with Crippen LogP contribution in [0.25, 0.3) is 11.0 Å². The van der Waals surface area contributed by atoms with Crippen LogP contribution in [0.15, 0.2) is 18.2 Å². The summed E-state index contributed by atoms with van der Waals surface area (Å²) in [6, 6.07) is 5.05. The molecule has 0 aliphatic carbocycles. The number of benzene rings is 1. The number of carboxylic acid groups (broad SMARTS) is 1. The second-order valence-corrected chi connectivity index (χ2v) is 4.45. The number of imidazole rings is 1. The number of aromatic nitrogens is 2. The monoisotopic (exact) mass is 266 g/mol. The van der Waals surface area contributed by atoms with Gasteiger partial charge in [-0.2, -0.15) is 0 Å². The predicted octanol–water partition coefficient (Wildman–Crippen LogP) is 2.93. The van der Waals surface area contributed by atoms with Crippen molar-refractivity contribution in [3.63, 3.8) is 0 Å². The zero-order chi connectivity index (χ0) is 13.1. The first-order valence-electron chi connectivity index (χ1n) is 5.95. The van der Waals surface area contributed by atoms with Crippen LogP contribution in [0.2, 0.25) is 0 Å². The van der Waals surface area contributed by atoms with Crippen molar-refractivity contribution < 1.29 is 9.90 Å². The van der Waals surface area contributed by atoms with Crippen LogP contribution in [-0.4, -0.2) is 26.5 Å². The molecule has 1 aromatic heterocycles. The fourth-order valence-corrected chi connectivity index (χ4v) is 2.21. The van der Waals surface area contributed by atoms with Crippen LogP contribution in [0.1, 0.15) is 29.5 Å². The van der Waals surface area contributed by atoms with Crippen LogP contribution in [0.5, 0.6) is 0 Å². The molecule has 0 aliphatic rings. The Kier molecular flexibility index (Phi) is 3.87. The topological polar surface area (TPSA) is 55.1 Å². The molecule has 0 atom stereocenters. The largest absolute Gasteiger partial charge is 0.478 e. The highest BCUT2D eigenvalue weighted by Gasteiger charge is 2.11. The van der Waals surface area contributed by atoms with E-state index in [0.717, 1.165) is 36.2 Å². The maximum atomic E-state index is 10.9. The summed E-state index contributed by atoms with van der Waals surface area (Å²) < 4.78 is 2.10. The first kappa shape index (κ1) is 12.9. The van der Waals surface area contributed by atoms with Crippen molar-refractivity contribution in [1.82, 2.24) is 9.55 Å². The first-order valence-corrected chi connectivity index (χ1v) is 6.49. The Balaban J connectivity index is 2.49. The molecule has 2 aromatic rings. The number of carboxylic acids is 1. The van der Waals surface area contributed by atoms with Gasteiger partial charge in [-0.05, 0) is 31.5 Å². The highest BCUT2D eigenvalue weighted by Crippen LogP contribution is 2.19. The lowest BCUT2D eigenvalue weighted by Gasteiger charge is -2.04. The van der Waals surface area contributed by atoms with Crippen LogP contribution in [0, 0.1) is 0 Å². The zero-order valence-electron chi connectivity index (χ0n) is 10.2. The van der Waals surface area contributed by atoms with E-state index < -0.39 is 5.97 Å². The highest BCUT2D eigenvalue weighted by atomic mass is 35.5. The van der Waals surface area contributed by atoms with Gasteiger partial charge in [-0.1, -0.05) is 0 Å². The Hall–Kier alpha value is -1.55. The molecule has 0 amide bonds. The van der Waals surface area contributed by atoms with Crippen LogP contribution >= 0.6 is 11.6 Å². The van der Waals surface area contributed by atoms with E-state index in [1.54, 1.807) is 12.1 Å². The molecule has 4 nitrogen and oxygen atoms in total. The third-order valence-electron chi connectivity index (χ3n) is 2.92. The molecule has 1 aromatic carbocycles. The van der Waals surface area contributed by atoms with E-state index in [-0.39, 0.29) is 5.56 Å². The van der Waals surface area contributed by atoms with Gasteiger partial charge in [0.1, 0.15) is 5.82 Å². The molecule has 0 fully saturated rings. The Labute approximate surface area is 110 Å². The minimum absolute atomic E-state index is 0.271. The smallest absolute Gasteiger partial charge is 0.335 e. The van der Waals surface area contributed by atoms with E-state index in [4.69, 9.17) is 16.7 Å². The molecule has 0 spiro atoms. The van der Waals surface area contributed by atoms with Gasteiger partial charge in [0.2, 0.25) is 0 Å². The molecule has 18 heavy (non-hydrogen) atoms. The molecule has 96 valence electrons. The molecular formula is C13H15ClN2O2. The first-order chi connectivity index (χ1) is 8.67. The average Bonchev–Trinajstić information content (AvgIpc) is 2.72. The maximum Gasteiger partial charge on any atom is 0.335 e. The molecule has 5 heteroatoms. The molecular weight excluding hydrogens is 252 g/mol. The number of rotatable bonds is 5. The number of aromatic carboxylic acids is 1. The molecule has 1 heterocycles. The van der Waals surface area contributed by atoms with Crippen LogP contribution < -0.4 is 0 Å². The highest BCUT2D eigenvalue weighted by molar-refractivity contribution is 6.17. The van der Waals surface area contributed by atoms with Crippen LogP contribution in [0.3, 0.4) is 0 Å². The van der Waals surface area contributed by atoms with E-state index in [2.05, 4.69) is 16.5 Å². The molecule has 0 aliphatic heterocycles. The summed E-state index contributed by atoms with van der Waals surface area (Å²) in [5.74, 6) is 0.647. The number of aryl methyl sites for hydroxylation is 2. The van der Waals surface area contributed by atoms with E-state index in [0.29, 0.717) is 5.88 Å². The number of hydrogen-bond acceptors (Lipinski definition) is 2. The summed E-state index contributed by atoms with van der Waals surface area (Å²) in [5.41, 5.74) is 1.99. The van der Waals surface area contributed by atoms with Crippen LogP contribution in [-0.2, 0) is 13.0 Å². The van der Waals surface area contributed by atoms with Gasteiger partial charge in [0.15, 0.2) is 0 Å². The quantitative estimate of drug-likeness (QED) is 0.847. The SMILES string of the molecule is CCn1c(CCCCl)nc2cc(C(=O)O)ccc21. The zero-order valence-corrected chi connectivity index (χ0v) is 10.9. The normalized spacial score (nSPS) is 11.0. The molecule has 0 bridgehead atoms. The van der Waals surface area contributed by atoms with Gasteiger partial charge in [0.25, 0.3) is 0 Å². The third kappa shape index (κ3) is 2.34. The lowest BCUT2D eigenvalue weighted by molar-refractivity contribution is 0.0697. The summed E-state index contributed by atoms with van der Waals surface area (Å²) in [7, 11) is 0. The van der Waals surface area contributed by atoms with Crippen molar-refractivity contribution in [2.45, 2.75) is 26.3 Å². The Morgan fingerprint density at radius 2 is 2.28 bits per heavy atom. The summed E-state index contributed by atoms with van der Waals surface area (Å²) in [5, 5.41) is 8.97. The molecule has 0 saturated heterocycles. The third-order valence-corrected chi connectivity index (χ3v) is 3.19.